The highest BCUT2D eigenvalue weighted by molar-refractivity contribution is 5.85. The summed E-state index contributed by atoms with van der Waals surface area (Å²) in [7, 11) is 1.45. The van der Waals surface area contributed by atoms with Gasteiger partial charge in [0, 0.05) is 26.6 Å². The van der Waals surface area contributed by atoms with Gasteiger partial charge in [0.05, 0.1) is 13.2 Å². The first-order valence-corrected chi connectivity index (χ1v) is 4.36. The third-order valence-electron chi connectivity index (χ3n) is 1.63. The maximum Gasteiger partial charge on any atom is 0.255 e. The summed E-state index contributed by atoms with van der Waals surface area (Å²) < 4.78 is 28.8. The Hall–Kier alpha value is -0.460. The Bertz CT molecular complexity index is 173. The maximum absolute atomic E-state index is 12.0. The Morgan fingerprint density at radius 3 is 2.53 bits per heavy atom. The van der Waals surface area contributed by atoms with Crippen LogP contribution in [0, 0.1) is 0 Å². The smallest absolute Gasteiger partial charge is 0.255 e. The zero-order valence-electron chi connectivity index (χ0n) is 8.62. The minimum atomic E-state index is -2.52. The Kier molecular flexibility index (Phi) is 11.4. The van der Waals surface area contributed by atoms with Gasteiger partial charge in [-0.05, 0) is 0 Å². The summed E-state index contributed by atoms with van der Waals surface area (Å²) in [5.74, 6) is -0.357. The van der Waals surface area contributed by atoms with E-state index in [1.165, 1.54) is 7.11 Å². The highest BCUT2D eigenvalue weighted by Crippen LogP contribution is 2.00. The molecule has 2 N–H and O–H groups in total. The molecular formula is C8H17ClF2N2O2. The molecule has 4 nitrogen and oxygen atoms in total. The number of carbonyl (C=O) groups excluding carboxylic acids is 1. The van der Waals surface area contributed by atoms with Crippen LogP contribution in [0.2, 0.25) is 0 Å². The van der Waals surface area contributed by atoms with E-state index >= 15 is 0 Å². The molecule has 0 heterocycles. The van der Waals surface area contributed by atoms with E-state index in [0.29, 0.717) is 0 Å². The van der Waals surface area contributed by atoms with E-state index in [0.717, 1.165) is 4.90 Å². The Labute approximate surface area is 94.2 Å². The SMILES string of the molecule is COCCN(CC(F)F)C(=O)CCN.Cl. The number of alkyl halides is 2. The van der Waals surface area contributed by atoms with Crippen molar-refractivity contribution in [2.75, 3.05) is 33.4 Å². The quantitative estimate of drug-likeness (QED) is 0.712. The molecule has 15 heavy (non-hydrogen) atoms. The molecule has 92 valence electrons. The molecule has 0 aromatic carbocycles. The zero-order valence-corrected chi connectivity index (χ0v) is 9.43. The van der Waals surface area contributed by atoms with Crippen molar-refractivity contribution in [1.82, 2.24) is 4.90 Å². The summed E-state index contributed by atoms with van der Waals surface area (Å²) in [6.45, 7) is 0.0520. The fourth-order valence-corrected chi connectivity index (χ4v) is 0.967. The van der Waals surface area contributed by atoms with Gasteiger partial charge in [0.25, 0.3) is 6.43 Å². The molecule has 0 rings (SSSR count). The fourth-order valence-electron chi connectivity index (χ4n) is 0.967. The standard InChI is InChI=1S/C8H16F2N2O2.ClH/c1-14-5-4-12(6-7(9)10)8(13)2-3-11;/h7H,2-6,11H2,1H3;1H. The molecule has 7 heteroatoms. The van der Waals surface area contributed by atoms with Crippen LogP contribution >= 0.6 is 12.4 Å². The number of hydrogen-bond acceptors (Lipinski definition) is 3. The van der Waals surface area contributed by atoms with Gasteiger partial charge < -0.3 is 15.4 Å². The van der Waals surface area contributed by atoms with Crippen LogP contribution in [0.3, 0.4) is 0 Å². The van der Waals surface area contributed by atoms with Crippen LogP contribution in [0.15, 0.2) is 0 Å². The van der Waals surface area contributed by atoms with Crippen LogP contribution in [0.5, 0.6) is 0 Å². The number of hydrogen-bond donors (Lipinski definition) is 1. The fraction of sp³-hybridized carbons (Fsp3) is 0.875. The second-order valence-corrected chi connectivity index (χ2v) is 2.76. The van der Waals surface area contributed by atoms with Crippen LogP contribution in [-0.4, -0.2) is 50.6 Å². The van der Waals surface area contributed by atoms with Crippen molar-refractivity contribution in [3.8, 4) is 0 Å². The second kappa shape index (κ2) is 10.1. The van der Waals surface area contributed by atoms with Gasteiger partial charge in [-0.2, -0.15) is 0 Å². The van der Waals surface area contributed by atoms with E-state index in [9.17, 15) is 13.6 Å². The molecule has 0 aliphatic carbocycles. The molecule has 0 aromatic rings. The van der Waals surface area contributed by atoms with Crippen molar-refractivity contribution in [1.29, 1.82) is 0 Å². The summed E-state index contributed by atoms with van der Waals surface area (Å²) >= 11 is 0. The molecular weight excluding hydrogens is 230 g/mol. The Morgan fingerprint density at radius 1 is 1.53 bits per heavy atom. The summed E-state index contributed by atoms with van der Waals surface area (Å²) in [5.41, 5.74) is 5.16. The summed E-state index contributed by atoms with van der Waals surface area (Å²) in [6.07, 6.45) is -2.43. The molecule has 1 amide bonds. The first kappa shape index (κ1) is 17.0. The minimum Gasteiger partial charge on any atom is -0.383 e. The number of nitrogens with two attached hydrogens (primary N) is 1. The number of carbonyl (C=O) groups is 1. The van der Waals surface area contributed by atoms with Gasteiger partial charge in [0.15, 0.2) is 0 Å². The lowest BCUT2D eigenvalue weighted by Crippen LogP contribution is -2.38. The summed E-state index contributed by atoms with van der Waals surface area (Å²) in [5, 5.41) is 0. The van der Waals surface area contributed by atoms with E-state index in [1.807, 2.05) is 0 Å². The van der Waals surface area contributed by atoms with E-state index in [1.54, 1.807) is 0 Å². The molecule has 0 aliphatic rings. The second-order valence-electron chi connectivity index (χ2n) is 2.76. The monoisotopic (exact) mass is 246 g/mol. The van der Waals surface area contributed by atoms with E-state index < -0.39 is 13.0 Å². The number of nitrogens with zero attached hydrogens (tertiary/aromatic N) is 1. The van der Waals surface area contributed by atoms with Crippen LogP contribution in [0.25, 0.3) is 0 Å². The van der Waals surface area contributed by atoms with E-state index in [-0.39, 0.29) is 44.4 Å². The van der Waals surface area contributed by atoms with Gasteiger partial charge in [0.2, 0.25) is 5.91 Å². The molecule has 0 spiro atoms. The number of ether oxygens (including phenoxy) is 1. The lowest BCUT2D eigenvalue weighted by Gasteiger charge is -2.21. The molecule has 0 radical (unpaired) electrons. The van der Waals surface area contributed by atoms with Crippen molar-refractivity contribution in [3.05, 3.63) is 0 Å². The lowest BCUT2D eigenvalue weighted by atomic mass is 10.3. The lowest BCUT2D eigenvalue weighted by molar-refractivity contribution is -0.133. The number of rotatable bonds is 7. The average Bonchev–Trinajstić information content (AvgIpc) is 2.12. The zero-order chi connectivity index (χ0) is 11.0. The van der Waals surface area contributed by atoms with Crippen molar-refractivity contribution in [2.45, 2.75) is 12.8 Å². The highest BCUT2D eigenvalue weighted by atomic mass is 35.5. The number of halogens is 3. The van der Waals surface area contributed by atoms with Crippen LogP contribution in [-0.2, 0) is 9.53 Å². The third-order valence-corrected chi connectivity index (χ3v) is 1.63. The van der Waals surface area contributed by atoms with Gasteiger partial charge >= 0.3 is 0 Å². The summed E-state index contributed by atoms with van der Waals surface area (Å²) in [4.78, 5) is 12.3. The predicted octanol–water partition coefficient (Wildman–Crippen LogP) is 0.497. The minimum absolute atomic E-state index is 0. The van der Waals surface area contributed by atoms with E-state index in [4.69, 9.17) is 10.5 Å². The third kappa shape index (κ3) is 8.53. The van der Waals surface area contributed by atoms with E-state index in [2.05, 4.69) is 0 Å². The molecule has 0 bridgehead atoms. The maximum atomic E-state index is 12.0. The number of methoxy groups -OCH3 is 1. The molecule has 0 unspecified atom stereocenters. The van der Waals surface area contributed by atoms with Crippen LogP contribution in [0.1, 0.15) is 6.42 Å². The molecule has 0 atom stereocenters. The molecule has 0 aromatic heterocycles. The van der Waals surface area contributed by atoms with Gasteiger partial charge in [-0.15, -0.1) is 12.4 Å². The normalized spacial score (nSPS) is 9.93. The van der Waals surface area contributed by atoms with Crippen molar-refractivity contribution in [2.24, 2.45) is 5.73 Å². The Balaban J connectivity index is 0. The first-order chi connectivity index (χ1) is 6.61. The Morgan fingerprint density at radius 2 is 2.13 bits per heavy atom. The van der Waals surface area contributed by atoms with Gasteiger partial charge in [0.1, 0.15) is 0 Å². The molecule has 0 aliphatic heterocycles. The first-order valence-electron chi connectivity index (χ1n) is 4.36. The summed E-state index contributed by atoms with van der Waals surface area (Å²) in [6, 6.07) is 0. The molecule has 0 saturated heterocycles. The van der Waals surface area contributed by atoms with Gasteiger partial charge in [-0.3, -0.25) is 4.79 Å². The van der Waals surface area contributed by atoms with Crippen molar-refractivity contribution in [3.63, 3.8) is 0 Å². The molecule has 0 fully saturated rings. The molecule has 0 saturated carbocycles. The van der Waals surface area contributed by atoms with Crippen molar-refractivity contribution >= 4 is 18.3 Å². The van der Waals surface area contributed by atoms with Gasteiger partial charge in [-0.1, -0.05) is 0 Å². The topological polar surface area (TPSA) is 55.6 Å². The van der Waals surface area contributed by atoms with Crippen molar-refractivity contribution < 1.29 is 18.3 Å². The highest BCUT2D eigenvalue weighted by Gasteiger charge is 2.16. The van der Waals surface area contributed by atoms with Gasteiger partial charge in [-0.25, -0.2) is 8.78 Å². The number of amides is 1. The largest absolute Gasteiger partial charge is 0.383 e. The van der Waals surface area contributed by atoms with Crippen LogP contribution < -0.4 is 5.73 Å². The van der Waals surface area contributed by atoms with Crippen LogP contribution in [0.4, 0.5) is 8.78 Å². The predicted molar refractivity (Wildman–Crippen MR) is 55.4 cm³/mol. The average molecular weight is 247 g/mol.